The van der Waals surface area contributed by atoms with Gasteiger partial charge in [-0.3, -0.25) is 4.68 Å². The number of nitrogens with two attached hydrogens (primary N) is 1. The van der Waals surface area contributed by atoms with Crippen molar-refractivity contribution in [2.45, 2.75) is 32.4 Å². The lowest BCUT2D eigenvalue weighted by atomic mass is 10.0. The number of hydrogen-bond acceptors (Lipinski definition) is 4. The summed E-state index contributed by atoms with van der Waals surface area (Å²) in [5.41, 5.74) is 7.33. The quantitative estimate of drug-likeness (QED) is 0.713. The van der Waals surface area contributed by atoms with Crippen LogP contribution in [0.15, 0.2) is 6.20 Å². The predicted octanol–water partition coefficient (Wildman–Crippen LogP) is 0.333. The number of fused-ring (bicyclic) bond motifs is 1. The molecular formula is C10H15N3O2. The van der Waals surface area contributed by atoms with Gasteiger partial charge in [0.2, 0.25) is 0 Å². The van der Waals surface area contributed by atoms with Crippen molar-refractivity contribution in [3.8, 4) is 0 Å². The molecule has 1 unspecified atom stereocenters. The minimum atomic E-state index is -0.298. The number of ether oxygens (including phenoxy) is 1. The molecule has 0 radical (unpaired) electrons. The first kappa shape index (κ1) is 10.2. The molecule has 15 heavy (non-hydrogen) atoms. The van der Waals surface area contributed by atoms with Crippen molar-refractivity contribution in [1.82, 2.24) is 9.78 Å². The minimum absolute atomic E-state index is 0.127. The van der Waals surface area contributed by atoms with Crippen molar-refractivity contribution in [3.63, 3.8) is 0 Å². The molecule has 0 aromatic carbocycles. The number of hydrogen-bond donors (Lipinski definition) is 1. The highest BCUT2D eigenvalue weighted by Gasteiger charge is 2.23. The highest BCUT2D eigenvalue weighted by atomic mass is 16.5. The van der Waals surface area contributed by atoms with Gasteiger partial charge in [0.25, 0.3) is 0 Å². The highest BCUT2D eigenvalue weighted by Crippen LogP contribution is 2.18. The molecule has 2 heterocycles. The Morgan fingerprint density at radius 2 is 2.60 bits per heavy atom. The number of esters is 1. The van der Waals surface area contributed by atoms with Crippen LogP contribution < -0.4 is 5.73 Å². The second kappa shape index (κ2) is 4.02. The molecule has 0 spiro atoms. The van der Waals surface area contributed by atoms with Gasteiger partial charge in [0.15, 0.2) is 0 Å². The molecule has 0 saturated heterocycles. The van der Waals surface area contributed by atoms with Crippen molar-refractivity contribution >= 4 is 5.97 Å². The Kier molecular flexibility index (Phi) is 2.73. The molecule has 2 rings (SSSR count). The van der Waals surface area contributed by atoms with E-state index in [1.165, 1.54) is 0 Å². The summed E-state index contributed by atoms with van der Waals surface area (Å²) in [4.78, 5) is 11.6. The number of carbonyl (C=O) groups is 1. The van der Waals surface area contributed by atoms with E-state index in [0.29, 0.717) is 18.6 Å². The zero-order chi connectivity index (χ0) is 10.8. The van der Waals surface area contributed by atoms with Crippen molar-refractivity contribution in [3.05, 3.63) is 17.5 Å². The Labute approximate surface area is 88.2 Å². The van der Waals surface area contributed by atoms with E-state index < -0.39 is 0 Å². The first-order valence-corrected chi connectivity index (χ1v) is 5.19. The fourth-order valence-corrected chi connectivity index (χ4v) is 1.84. The summed E-state index contributed by atoms with van der Waals surface area (Å²) in [6.07, 6.45) is 3.19. The van der Waals surface area contributed by atoms with Crippen molar-refractivity contribution < 1.29 is 9.53 Å². The Balaban J connectivity index is 2.26. The SMILES string of the molecule is CCOC(=O)c1cnn2c1CC(N)CC2. The van der Waals surface area contributed by atoms with Gasteiger partial charge in [-0.15, -0.1) is 0 Å². The van der Waals surface area contributed by atoms with E-state index in [4.69, 9.17) is 10.5 Å². The zero-order valence-electron chi connectivity index (χ0n) is 8.77. The van der Waals surface area contributed by atoms with E-state index in [9.17, 15) is 4.79 Å². The number of carbonyl (C=O) groups excluding carboxylic acids is 1. The standard InChI is InChI=1S/C10H15N3O2/c1-2-15-10(14)8-6-12-13-4-3-7(11)5-9(8)13/h6-7H,2-5,11H2,1H3. The van der Waals surface area contributed by atoms with Crippen LogP contribution in [0.25, 0.3) is 0 Å². The van der Waals surface area contributed by atoms with Crippen molar-refractivity contribution in [2.24, 2.45) is 5.73 Å². The van der Waals surface area contributed by atoms with Gasteiger partial charge in [-0.2, -0.15) is 5.10 Å². The van der Waals surface area contributed by atoms with E-state index in [1.54, 1.807) is 13.1 Å². The van der Waals surface area contributed by atoms with Gasteiger partial charge in [0, 0.05) is 19.0 Å². The average molecular weight is 209 g/mol. The molecule has 1 aromatic heterocycles. The summed E-state index contributed by atoms with van der Waals surface area (Å²) in [7, 11) is 0. The molecule has 1 atom stereocenters. The smallest absolute Gasteiger partial charge is 0.341 e. The molecule has 1 aromatic rings. The maximum absolute atomic E-state index is 11.6. The molecule has 82 valence electrons. The zero-order valence-corrected chi connectivity index (χ0v) is 8.77. The van der Waals surface area contributed by atoms with Gasteiger partial charge < -0.3 is 10.5 Å². The third-order valence-electron chi connectivity index (χ3n) is 2.61. The number of nitrogens with zero attached hydrogens (tertiary/aromatic N) is 2. The van der Waals surface area contributed by atoms with Gasteiger partial charge in [-0.05, 0) is 13.3 Å². The van der Waals surface area contributed by atoms with Crippen LogP contribution in [0, 0.1) is 0 Å². The monoisotopic (exact) mass is 209 g/mol. The fraction of sp³-hybridized carbons (Fsp3) is 0.600. The van der Waals surface area contributed by atoms with Crippen molar-refractivity contribution in [1.29, 1.82) is 0 Å². The first-order valence-electron chi connectivity index (χ1n) is 5.19. The van der Waals surface area contributed by atoms with E-state index in [1.807, 2.05) is 4.68 Å². The Bertz CT molecular complexity index is 373. The number of aromatic nitrogens is 2. The second-order valence-electron chi connectivity index (χ2n) is 3.70. The molecule has 1 aliphatic rings. The number of aryl methyl sites for hydroxylation is 1. The predicted molar refractivity (Wildman–Crippen MR) is 54.5 cm³/mol. The molecule has 1 aliphatic heterocycles. The lowest BCUT2D eigenvalue weighted by molar-refractivity contribution is 0.0524. The van der Waals surface area contributed by atoms with Crippen LogP contribution >= 0.6 is 0 Å². The Morgan fingerprint density at radius 1 is 1.80 bits per heavy atom. The van der Waals surface area contributed by atoms with Gasteiger partial charge >= 0.3 is 5.97 Å². The van der Waals surface area contributed by atoms with Crippen LogP contribution in [0.2, 0.25) is 0 Å². The maximum Gasteiger partial charge on any atom is 0.341 e. The molecule has 5 nitrogen and oxygen atoms in total. The Hall–Kier alpha value is -1.36. The Morgan fingerprint density at radius 3 is 3.33 bits per heavy atom. The summed E-state index contributed by atoms with van der Waals surface area (Å²) in [6, 6.07) is 0.127. The molecule has 5 heteroatoms. The summed E-state index contributed by atoms with van der Waals surface area (Å²) in [5.74, 6) is -0.298. The maximum atomic E-state index is 11.6. The van der Waals surface area contributed by atoms with Crippen LogP contribution in [-0.2, 0) is 17.7 Å². The van der Waals surface area contributed by atoms with Crippen LogP contribution in [0.5, 0.6) is 0 Å². The van der Waals surface area contributed by atoms with Crippen LogP contribution in [-0.4, -0.2) is 28.4 Å². The molecule has 0 fully saturated rings. The molecule has 2 N–H and O–H groups in total. The summed E-state index contributed by atoms with van der Waals surface area (Å²) < 4.78 is 6.80. The third-order valence-corrected chi connectivity index (χ3v) is 2.61. The van der Waals surface area contributed by atoms with Crippen LogP contribution in [0.3, 0.4) is 0 Å². The summed E-state index contributed by atoms with van der Waals surface area (Å²) in [5, 5.41) is 4.15. The normalized spacial score (nSPS) is 19.7. The van der Waals surface area contributed by atoms with Gasteiger partial charge in [0.1, 0.15) is 5.56 Å². The molecular weight excluding hydrogens is 194 g/mol. The minimum Gasteiger partial charge on any atom is -0.462 e. The molecule has 0 aliphatic carbocycles. The topological polar surface area (TPSA) is 70.1 Å². The molecule has 0 amide bonds. The van der Waals surface area contributed by atoms with E-state index in [2.05, 4.69) is 5.10 Å². The highest BCUT2D eigenvalue weighted by molar-refractivity contribution is 5.90. The van der Waals surface area contributed by atoms with Gasteiger partial charge in [-0.25, -0.2) is 4.79 Å². The first-order chi connectivity index (χ1) is 7.22. The molecule has 0 bridgehead atoms. The lowest BCUT2D eigenvalue weighted by Gasteiger charge is -2.20. The summed E-state index contributed by atoms with van der Waals surface area (Å²) in [6.45, 7) is 2.96. The van der Waals surface area contributed by atoms with E-state index in [0.717, 1.165) is 18.7 Å². The van der Waals surface area contributed by atoms with Gasteiger partial charge in [-0.1, -0.05) is 0 Å². The fourth-order valence-electron chi connectivity index (χ4n) is 1.84. The van der Waals surface area contributed by atoms with Crippen LogP contribution in [0.1, 0.15) is 29.4 Å². The van der Waals surface area contributed by atoms with Crippen molar-refractivity contribution in [2.75, 3.05) is 6.61 Å². The second-order valence-corrected chi connectivity index (χ2v) is 3.70. The largest absolute Gasteiger partial charge is 0.462 e. The van der Waals surface area contributed by atoms with E-state index >= 15 is 0 Å². The number of rotatable bonds is 2. The average Bonchev–Trinajstić information content (AvgIpc) is 2.60. The van der Waals surface area contributed by atoms with Crippen LogP contribution in [0.4, 0.5) is 0 Å². The third kappa shape index (κ3) is 1.87. The molecule has 0 saturated carbocycles. The van der Waals surface area contributed by atoms with Gasteiger partial charge in [0.05, 0.1) is 18.5 Å². The van der Waals surface area contributed by atoms with E-state index in [-0.39, 0.29) is 12.0 Å². The summed E-state index contributed by atoms with van der Waals surface area (Å²) >= 11 is 0. The lowest BCUT2D eigenvalue weighted by Crippen LogP contribution is -2.31.